The van der Waals surface area contributed by atoms with Crippen molar-refractivity contribution in [2.75, 3.05) is 33.2 Å². The van der Waals surface area contributed by atoms with Crippen molar-refractivity contribution in [1.82, 2.24) is 19.6 Å². The summed E-state index contributed by atoms with van der Waals surface area (Å²) in [6.45, 7) is 8.37. The van der Waals surface area contributed by atoms with Gasteiger partial charge >= 0.3 is 5.97 Å². The summed E-state index contributed by atoms with van der Waals surface area (Å²) in [6.07, 6.45) is 5.11. The van der Waals surface area contributed by atoms with Gasteiger partial charge in [0.15, 0.2) is 0 Å². The van der Waals surface area contributed by atoms with Gasteiger partial charge in [-0.3, -0.25) is 14.4 Å². The quantitative estimate of drug-likeness (QED) is 0.232. The van der Waals surface area contributed by atoms with Crippen molar-refractivity contribution in [2.24, 2.45) is 11.8 Å². The number of carboxylic acids is 1. The third kappa shape index (κ3) is 9.43. The molecule has 1 N–H and O–H groups in total. The lowest BCUT2D eigenvalue weighted by atomic mass is 9.87. The second kappa shape index (κ2) is 17.5. The lowest BCUT2D eigenvalue weighted by molar-refractivity contribution is -0.138. The van der Waals surface area contributed by atoms with E-state index in [4.69, 9.17) is 5.10 Å². The molecule has 1 saturated heterocycles. The van der Waals surface area contributed by atoms with Gasteiger partial charge in [-0.2, -0.15) is 5.10 Å². The third-order valence-electron chi connectivity index (χ3n) is 9.66. The van der Waals surface area contributed by atoms with Crippen LogP contribution in [0.4, 0.5) is 4.39 Å². The van der Waals surface area contributed by atoms with Crippen LogP contribution in [-0.2, 0) is 17.8 Å². The molecule has 2 fully saturated rings. The van der Waals surface area contributed by atoms with Crippen LogP contribution in [0.3, 0.4) is 0 Å². The van der Waals surface area contributed by atoms with Gasteiger partial charge < -0.3 is 10.0 Å². The molecule has 244 valence electrons. The van der Waals surface area contributed by atoms with Crippen LogP contribution < -0.4 is 0 Å². The Balaban J connectivity index is 0.00000225. The lowest BCUT2D eigenvalue weighted by Crippen LogP contribution is -2.39. The van der Waals surface area contributed by atoms with E-state index in [1.54, 1.807) is 6.07 Å². The molecule has 4 atom stereocenters. The fourth-order valence-electron chi connectivity index (χ4n) is 7.33. The molecule has 1 saturated carbocycles. The van der Waals surface area contributed by atoms with E-state index in [2.05, 4.69) is 65.9 Å². The Labute approximate surface area is 280 Å². The van der Waals surface area contributed by atoms with Crippen molar-refractivity contribution in [2.45, 2.75) is 70.4 Å². The molecule has 5 rings (SSSR count). The number of benzene rings is 2. The van der Waals surface area contributed by atoms with E-state index in [1.807, 2.05) is 18.0 Å². The van der Waals surface area contributed by atoms with Gasteiger partial charge in [0, 0.05) is 37.2 Å². The summed E-state index contributed by atoms with van der Waals surface area (Å²) in [7, 11) is 1.90. The first-order valence-corrected chi connectivity index (χ1v) is 15.3. The summed E-state index contributed by atoms with van der Waals surface area (Å²) in [5, 5.41) is 14.3. The number of rotatable bonds is 11. The van der Waals surface area contributed by atoms with Gasteiger partial charge in [-0.25, -0.2) is 4.39 Å². The minimum atomic E-state index is -0.796. The van der Waals surface area contributed by atoms with Crippen molar-refractivity contribution in [3.63, 3.8) is 0 Å². The van der Waals surface area contributed by atoms with Crippen LogP contribution in [0.2, 0.25) is 0 Å². The summed E-state index contributed by atoms with van der Waals surface area (Å²) in [4.78, 5) is 15.9. The Bertz CT molecular complexity index is 1300. The Kier molecular flexibility index (Phi) is 15.1. The molecule has 44 heavy (non-hydrogen) atoms. The van der Waals surface area contributed by atoms with Crippen LogP contribution in [0, 0.1) is 17.7 Å². The van der Waals surface area contributed by atoms with Crippen LogP contribution in [0.25, 0.3) is 0 Å². The number of aryl methyl sites for hydroxylation is 1. The molecule has 1 aliphatic carbocycles. The maximum absolute atomic E-state index is 14.2. The minimum Gasteiger partial charge on any atom is -0.480 e. The van der Waals surface area contributed by atoms with Crippen molar-refractivity contribution in [3.05, 3.63) is 89.0 Å². The number of nitrogens with zero attached hydrogens (tertiary/aromatic N) is 4. The Hall–Kier alpha value is -2.16. The predicted molar refractivity (Wildman–Crippen MR) is 182 cm³/mol. The zero-order valence-electron chi connectivity index (χ0n) is 26.0. The monoisotopic (exact) mass is 668 g/mol. The number of piperidine rings is 1. The summed E-state index contributed by atoms with van der Waals surface area (Å²) in [5.74, 6) is 0.643. The van der Waals surface area contributed by atoms with E-state index in [0.29, 0.717) is 17.8 Å². The maximum Gasteiger partial charge on any atom is 0.317 e. The molecule has 0 spiro atoms. The first kappa shape index (κ1) is 38.0. The first-order chi connectivity index (χ1) is 19.8. The zero-order chi connectivity index (χ0) is 28.9. The number of halogens is 4. The minimum absolute atomic E-state index is 0. The maximum atomic E-state index is 14.2. The molecular weight excluding hydrogens is 622 g/mol. The van der Waals surface area contributed by atoms with E-state index in [-0.39, 0.29) is 61.5 Å². The molecule has 1 aromatic heterocycles. The largest absolute Gasteiger partial charge is 0.480 e. The number of hydrogen-bond donors (Lipinski definition) is 1. The molecule has 1 aliphatic heterocycles. The summed E-state index contributed by atoms with van der Waals surface area (Å²) >= 11 is 0. The van der Waals surface area contributed by atoms with E-state index in [1.165, 1.54) is 17.3 Å². The van der Waals surface area contributed by atoms with Gasteiger partial charge in [-0.05, 0) is 107 Å². The van der Waals surface area contributed by atoms with Crippen LogP contribution in [0.1, 0.15) is 73.9 Å². The molecule has 0 radical (unpaired) electrons. The average molecular weight is 670 g/mol. The van der Waals surface area contributed by atoms with Crippen molar-refractivity contribution in [3.8, 4) is 0 Å². The van der Waals surface area contributed by atoms with E-state index in [9.17, 15) is 14.3 Å². The van der Waals surface area contributed by atoms with Gasteiger partial charge in [0.05, 0.1) is 12.2 Å². The number of aliphatic carboxylic acids is 1. The van der Waals surface area contributed by atoms with E-state index >= 15 is 0 Å². The fourth-order valence-corrected chi connectivity index (χ4v) is 7.33. The Morgan fingerprint density at radius 3 is 2.39 bits per heavy atom. The number of carboxylic acid groups (broad SMARTS) is 1. The van der Waals surface area contributed by atoms with E-state index in [0.717, 1.165) is 69.5 Å². The molecule has 2 heterocycles. The number of aromatic nitrogens is 2. The zero-order valence-corrected chi connectivity index (χ0v) is 28.4. The molecule has 0 unspecified atom stereocenters. The second-order valence-electron chi connectivity index (χ2n) is 12.3. The molecular formula is C34H48Cl3FN4O2. The van der Waals surface area contributed by atoms with Crippen LogP contribution in [-0.4, -0.2) is 69.9 Å². The average Bonchev–Trinajstić information content (AvgIpc) is 3.57. The van der Waals surface area contributed by atoms with Crippen molar-refractivity contribution in [1.29, 1.82) is 0 Å². The van der Waals surface area contributed by atoms with Gasteiger partial charge in [0.25, 0.3) is 0 Å². The Morgan fingerprint density at radius 1 is 1.05 bits per heavy atom. The third-order valence-corrected chi connectivity index (χ3v) is 9.66. The highest BCUT2D eigenvalue weighted by Gasteiger charge is 2.40. The molecule has 2 aliphatic rings. The molecule has 6 nitrogen and oxygen atoms in total. The molecule has 0 amide bonds. The number of likely N-dealkylation sites (tertiary alicyclic amines) is 1. The molecule has 10 heteroatoms. The summed E-state index contributed by atoms with van der Waals surface area (Å²) in [5.41, 5.74) is 4.89. The smallest absolute Gasteiger partial charge is 0.317 e. The van der Waals surface area contributed by atoms with Gasteiger partial charge in [-0.1, -0.05) is 42.5 Å². The van der Waals surface area contributed by atoms with E-state index < -0.39 is 5.97 Å². The normalized spacial score (nSPS) is 21.2. The topological polar surface area (TPSA) is 61.6 Å². The Morgan fingerprint density at radius 2 is 1.75 bits per heavy atom. The number of likely N-dealkylation sites (N-methyl/N-ethyl adjacent to an activating group) is 1. The number of carbonyl (C=O) groups is 1. The van der Waals surface area contributed by atoms with Crippen LogP contribution in [0.15, 0.2) is 60.7 Å². The fraction of sp³-hybridized carbons (Fsp3) is 0.529. The summed E-state index contributed by atoms with van der Waals surface area (Å²) < 4.78 is 16.4. The van der Waals surface area contributed by atoms with Crippen LogP contribution in [0.5, 0.6) is 0 Å². The highest BCUT2D eigenvalue weighted by molar-refractivity contribution is 5.86. The van der Waals surface area contributed by atoms with Gasteiger partial charge in [0.2, 0.25) is 0 Å². The van der Waals surface area contributed by atoms with Gasteiger partial charge in [0.1, 0.15) is 5.82 Å². The van der Waals surface area contributed by atoms with Crippen LogP contribution >= 0.6 is 37.2 Å². The summed E-state index contributed by atoms with van der Waals surface area (Å²) in [6, 6.07) is 20.2. The molecule has 3 aromatic rings. The van der Waals surface area contributed by atoms with Crippen molar-refractivity contribution >= 4 is 43.2 Å². The molecule has 0 bridgehead atoms. The highest BCUT2D eigenvalue weighted by Crippen LogP contribution is 2.46. The first-order valence-electron chi connectivity index (χ1n) is 15.3. The highest BCUT2D eigenvalue weighted by atomic mass is 35.5. The van der Waals surface area contributed by atoms with Gasteiger partial charge in [-0.15, -0.1) is 37.2 Å². The molecule has 2 aromatic carbocycles. The number of hydrogen-bond acceptors (Lipinski definition) is 4. The standard InChI is InChI=1S/C34H45FN4O2.3ClH/c1-4-39-33(21-31(36-39)17-25-9-6-5-7-10-25)26-13-15-38(16-14-26)22-29-18-28(24(2)37(3)23-34(40)41)20-32(29)27-11-8-12-30(35)19-27;;;/h5-12,19,21,24,26,28-29,32H,4,13-18,20,22-23H2,1-3H3,(H,40,41);3*1H/t24-,28+,29-,32-;;;/m1.../s1. The van der Waals surface area contributed by atoms with Crippen molar-refractivity contribution < 1.29 is 14.3 Å². The SMILES string of the molecule is CCn1nc(Cc2ccccc2)cc1C1CCN(C[C@H]2C[C@H]([C@@H](C)N(C)CC(=O)O)C[C@@H]2c2cccc(F)c2)CC1.Cl.Cl.Cl. The lowest BCUT2D eigenvalue weighted by Gasteiger charge is -2.35. The second-order valence-corrected chi connectivity index (χ2v) is 12.3. The predicted octanol–water partition coefficient (Wildman–Crippen LogP) is 7.29.